The lowest BCUT2D eigenvalue weighted by Gasteiger charge is -2.44. The van der Waals surface area contributed by atoms with Crippen LogP contribution in [0.1, 0.15) is 56.2 Å². The van der Waals surface area contributed by atoms with E-state index in [2.05, 4.69) is 12.2 Å². The summed E-state index contributed by atoms with van der Waals surface area (Å²) in [5.41, 5.74) is 2.48. The minimum absolute atomic E-state index is 0.0398. The van der Waals surface area contributed by atoms with Gasteiger partial charge in [-0.05, 0) is 60.4 Å². The Balaban J connectivity index is 1.32. The molecule has 0 radical (unpaired) electrons. The number of nitrogens with zero attached hydrogens (tertiary/aromatic N) is 2. The van der Waals surface area contributed by atoms with Crippen LogP contribution in [0.2, 0.25) is 0 Å². The number of halogens is 1. The summed E-state index contributed by atoms with van der Waals surface area (Å²) in [5, 5.41) is 2.88. The Morgan fingerprint density at radius 1 is 1.12 bits per heavy atom. The van der Waals surface area contributed by atoms with E-state index in [0.717, 1.165) is 23.3 Å². The van der Waals surface area contributed by atoms with Gasteiger partial charge in [0.25, 0.3) is 0 Å². The second kappa shape index (κ2) is 10.7. The van der Waals surface area contributed by atoms with Gasteiger partial charge in [0.1, 0.15) is 18.1 Å². The Kier molecular flexibility index (Phi) is 7.47. The molecule has 1 fully saturated rings. The van der Waals surface area contributed by atoms with Gasteiger partial charge in [0.2, 0.25) is 5.91 Å². The van der Waals surface area contributed by atoms with Gasteiger partial charge in [-0.25, -0.2) is 9.18 Å². The molecule has 0 bridgehead atoms. The van der Waals surface area contributed by atoms with Crippen molar-refractivity contribution in [3.63, 3.8) is 0 Å². The third kappa shape index (κ3) is 5.64. The Morgan fingerprint density at radius 2 is 1.91 bits per heavy atom. The minimum Gasteiger partial charge on any atom is -0.494 e. The molecule has 1 saturated heterocycles. The van der Waals surface area contributed by atoms with Crippen molar-refractivity contribution in [2.24, 2.45) is 0 Å². The van der Waals surface area contributed by atoms with Crippen molar-refractivity contribution in [1.29, 1.82) is 0 Å². The first-order valence-corrected chi connectivity index (χ1v) is 11.9. The maximum absolute atomic E-state index is 13.6. The number of unbranched alkanes of at least 4 members (excludes halogenated alkanes) is 4. The van der Waals surface area contributed by atoms with Crippen LogP contribution in [0.15, 0.2) is 42.5 Å². The second-order valence-corrected chi connectivity index (χ2v) is 8.79. The third-order valence-electron chi connectivity index (χ3n) is 6.41. The van der Waals surface area contributed by atoms with Crippen LogP contribution < -0.4 is 10.1 Å². The number of nitrogens with one attached hydrogen (secondary N) is 1. The van der Waals surface area contributed by atoms with Gasteiger partial charge < -0.3 is 19.9 Å². The highest BCUT2D eigenvalue weighted by molar-refractivity contribution is 5.93. The molecule has 1 N–H and O–H groups in total. The van der Waals surface area contributed by atoms with Crippen LogP contribution in [0.25, 0.3) is 0 Å². The molecule has 0 spiro atoms. The molecule has 1 atom stereocenters. The first kappa shape index (κ1) is 23.1. The number of anilines is 1. The molecule has 2 aromatic carbocycles. The van der Waals surface area contributed by atoms with E-state index in [-0.39, 0.29) is 30.3 Å². The standard InChI is InChI=1S/C26H32FN3O3/c1-2-3-4-5-6-15-33-22-10-8-21(9-11-22)28-26(32)29-17-24-23-12-7-20(27)16-19(23)13-14-30(24)25(31)18-29/h7-12,16,24H,2-6,13-15,17-18H2,1H3,(H,28,32)/t24-/m1/s1. The van der Waals surface area contributed by atoms with Crippen LogP contribution in [0.4, 0.5) is 14.9 Å². The van der Waals surface area contributed by atoms with E-state index in [9.17, 15) is 14.0 Å². The van der Waals surface area contributed by atoms with Gasteiger partial charge in [-0.3, -0.25) is 4.79 Å². The molecule has 2 aromatic rings. The van der Waals surface area contributed by atoms with Gasteiger partial charge in [-0.15, -0.1) is 0 Å². The Hall–Kier alpha value is -3.09. The molecule has 0 aliphatic carbocycles. The molecule has 0 unspecified atom stereocenters. The van der Waals surface area contributed by atoms with Crippen molar-refractivity contribution in [3.05, 3.63) is 59.4 Å². The molecule has 0 saturated carbocycles. The second-order valence-electron chi connectivity index (χ2n) is 8.79. The predicted molar refractivity (Wildman–Crippen MR) is 126 cm³/mol. The highest BCUT2D eigenvalue weighted by atomic mass is 19.1. The van der Waals surface area contributed by atoms with E-state index >= 15 is 0 Å². The predicted octanol–water partition coefficient (Wildman–Crippen LogP) is 5.15. The Bertz CT molecular complexity index is 979. The number of urea groups is 1. The Labute approximate surface area is 194 Å². The summed E-state index contributed by atoms with van der Waals surface area (Å²) in [6, 6.07) is 11.4. The molecule has 33 heavy (non-hydrogen) atoms. The number of hydrogen-bond acceptors (Lipinski definition) is 3. The van der Waals surface area contributed by atoms with Crippen molar-refractivity contribution >= 4 is 17.6 Å². The van der Waals surface area contributed by atoms with Crippen LogP contribution in [0.5, 0.6) is 5.75 Å². The smallest absolute Gasteiger partial charge is 0.322 e. The number of carbonyl (C=O) groups is 2. The molecule has 2 aliphatic rings. The zero-order valence-electron chi connectivity index (χ0n) is 19.2. The topological polar surface area (TPSA) is 61.9 Å². The quantitative estimate of drug-likeness (QED) is 0.563. The van der Waals surface area contributed by atoms with Crippen LogP contribution in [-0.4, -0.2) is 48.0 Å². The van der Waals surface area contributed by atoms with E-state index in [4.69, 9.17) is 4.74 Å². The van der Waals surface area contributed by atoms with Crippen molar-refractivity contribution < 1.29 is 18.7 Å². The number of fused-ring (bicyclic) bond motifs is 3. The van der Waals surface area contributed by atoms with Gasteiger partial charge in [0.15, 0.2) is 0 Å². The summed E-state index contributed by atoms with van der Waals surface area (Å²) in [5.74, 6) is 0.417. The largest absolute Gasteiger partial charge is 0.494 e. The SMILES string of the molecule is CCCCCCCOc1ccc(NC(=O)N2CC(=O)N3CCc4cc(F)ccc4[C@H]3C2)cc1. The zero-order chi connectivity index (χ0) is 23.2. The van der Waals surface area contributed by atoms with E-state index in [1.165, 1.54) is 42.7 Å². The van der Waals surface area contributed by atoms with Gasteiger partial charge in [0.05, 0.1) is 12.6 Å². The molecule has 2 aliphatic heterocycles. The lowest BCUT2D eigenvalue weighted by molar-refractivity contribution is -0.139. The first-order valence-electron chi connectivity index (χ1n) is 11.9. The number of carbonyl (C=O) groups excluding carboxylic acids is 2. The third-order valence-corrected chi connectivity index (χ3v) is 6.41. The summed E-state index contributed by atoms with van der Waals surface area (Å²) >= 11 is 0. The van der Waals surface area contributed by atoms with Crippen molar-refractivity contribution in [2.45, 2.75) is 51.5 Å². The number of ether oxygens (including phenoxy) is 1. The van der Waals surface area contributed by atoms with Crippen molar-refractivity contribution in [3.8, 4) is 5.75 Å². The van der Waals surface area contributed by atoms with Crippen LogP contribution >= 0.6 is 0 Å². The van der Waals surface area contributed by atoms with E-state index in [0.29, 0.717) is 31.8 Å². The maximum atomic E-state index is 13.6. The van der Waals surface area contributed by atoms with E-state index in [1.807, 2.05) is 12.1 Å². The molecule has 4 rings (SSSR count). The van der Waals surface area contributed by atoms with Gasteiger partial charge >= 0.3 is 6.03 Å². The zero-order valence-corrected chi connectivity index (χ0v) is 19.2. The fraction of sp³-hybridized carbons (Fsp3) is 0.462. The van der Waals surface area contributed by atoms with Gasteiger partial charge in [-0.2, -0.15) is 0 Å². The minimum atomic E-state index is -0.318. The van der Waals surface area contributed by atoms with Crippen molar-refractivity contribution in [1.82, 2.24) is 9.80 Å². The summed E-state index contributed by atoms with van der Waals surface area (Å²) in [7, 11) is 0. The maximum Gasteiger partial charge on any atom is 0.322 e. The molecular formula is C26H32FN3O3. The van der Waals surface area contributed by atoms with Crippen LogP contribution in [0.3, 0.4) is 0 Å². The molecule has 0 aromatic heterocycles. The summed E-state index contributed by atoms with van der Waals surface area (Å²) in [6.45, 7) is 3.86. The summed E-state index contributed by atoms with van der Waals surface area (Å²) in [6.07, 6.45) is 6.58. The lowest BCUT2D eigenvalue weighted by Crippen LogP contribution is -2.56. The number of rotatable bonds is 8. The average molecular weight is 454 g/mol. The Morgan fingerprint density at radius 3 is 2.70 bits per heavy atom. The number of piperazine rings is 1. The molecular weight excluding hydrogens is 421 g/mol. The monoisotopic (exact) mass is 453 g/mol. The number of hydrogen-bond donors (Lipinski definition) is 1. The highest BCUT2D eigenvalue weighted by Crippen LogP contribution is 2.33. The van der Waals surface area contributed by atoms with E-state index < -0.39 is 0 Å². The molecule has 3 amide bonds. The highest BCUT2D eigenvalue weighted by Gasteiger charge is 2.38. The summed E-state index contributed by atoms with van der Waals surface area (Å²) < 4.78 is 19.4. The number of amides is 3. The first-order chi connectivity index (χ1) is 16.0. The molecule has 7 heteroatoms. The van der Waals surface area contributed by atoms with Crippen LogP contribution in [0, 0.1) is 5.82 Å². The van der Waals surface area contributed by atoms with Gasteiger partial charge in [0, 0.05) is 18.8 Å². The molecule has 176 valence electrons. The average Bonchev–Trinajstić information content (AvgIpc) is 2.81. The fourth-order valence-electron chi connectivity index (χ4n) is 4.59. The van der Waals surface area contributed by atoms with E-state index in [1.54, 1.807) is 23.1 Å². The molecule has 2 heterocycles. The number of benzene rings is 2. The molecule has 6 nitrogen and oxygen atoms in total. The lowest BCUT2D eigenvalue weighted by atomic mass is 9.90. The summed E-state index contributed by atoms with van der Waals surface area (Å²) in [4.78, 5) is 28.9. The van der Waals surface area contributed by atoms with Crippen molar-refractivity contribution in [2.75, 3.05) is 31.6 Å². The fourth-order valence-corrected chi connectivity index (χ4v) is 4.59. The van der Waals surface area contributed by atoms with Gasteiger partial charge in [-0.1, -0.05) is 38.7 Å². The van der Waals surface area contributed by atoms with Crippen LogP contribution in [-0.2, 0) is 11.2 Å². The normalized spacial score (nSPS) is 17.4.